The lowest BCUT2D eigenvalue weighted by molar-refractivity contribution is 0.518. The minimum absolute atomic E-state index is 0.710. The van der Waals surface area contributed by atoms with E-state index in [-0.39, 0.29) is 0 Å². The fourth-order valence-electron chi connectivity index (χ4n) is 3.06. The molecule has 1 aromatic heterocycles. The predicted octanol–water partition coefficient (Wildman–Crippen LogP) is 4.84. The third-order valence-electron chi connectivity index (χ3n) is 4.16. The summed E-state index contributed by atoms with van der Waals surface area (Å²) in [5, 5.41) is 1.34. The summed E-state index contributed by atoms with van der Waals surface area (Å²) in [7, 11) is 0. The number of para-hydroxylation sites is 1. The van der Waals surface area contributed by atoms with E-state index >= 15 is 0 Å². The summed E-state index contributed by atoms with van der Waals surface area (Å²) in [6, 6.07) is 10.7. The molecule has 1 heteroatoms. The molecule has 0 N–H and O–H groups in total. The Morgan fingerprint density at radius 2 is 1.89 bits per heavy atom. The first kappa shape index (κ1) is 11.5. The lowest BCUT2D eigenvalue weighted by Crippen LogP contribution is -2.07. The summed E-state index contributed by atoms with van der Waals surface area (Å²) >= 11 is 0. The zero-order chi connectivity index (χ0) is 12.4. The minimum Gasteiger partial charge on any atom is -0.256 e. The highest BCUT2D eigenvalue weighted by molar-refractivity contribution is 5.82. The topological polar surface area (TPSA) is 12.9 Å². The van der Waals surface area contributed by atoms with E-state index in [0.717, 1.165) is 5.52 Å². The van der Waals surface area contributed by atoms with E-state index in [9.17, 15) is 0 Å². The third-order valence-corrected chi connectivity index (χ3v) is 4.16. The first-order chi connectivity index (χ1) is 8.88. The Labute approximate surface area is 109 Å². The van der Waals surface area contributed by atoms with E-state index in [1.807, 2.05) is 6.20 Å². The molecular formula is C17H19N. The number of benzene rings is 1. The van der Waals surface area contributed by atoms with Crippen molar-refractivity contribution in [1.82, 2.24) is 4.98 Å². The maximum absolute atomic E-state index is 4.46. The van der Waals surface area contributed by atoms with Crippen molar-refractivity contribution in [3.8, 4) is 0 Å². The Morgan fingerprint density at radius 1 is 1.11 bits per heavy atom. The molecule has 0 atom stereocenters. The Hall–Kier alpha value is -1.63. The molecule has 0 amide bonds. The molecule has 1 fully saturated rings. The average molecular weight is 237 g/mol. The Kier molecular flexibility index (Phi) is 3.14. The van der Waals surface area contributed by atoms with Crippen LogP contribution in [0.15, 0.2) is 48.2 Å². The third kappa shape index (κ3) is 2.05. The standard InChI is InChI=1S/C17H19N/c1-2-13-7-9-14(10-8-13)15-11-12-18-17-6-4-3-5-16(15)17/h2-6,11-12,14H,7-10H2,1H3. The quantitative estimate of drug-likeness (QED) is 0.647. The lowest BCUT2D eigenvalue weighted by atomic mass is 9.80. The summed E-state index contributed by atoms with van der Waals surface area (Å²) < 4.78 is 0. The molecule has 0 spiro atoms. The second kappa shape index (κ2) is 4.93. The van der Waals surface area contributed by atoms with Crippen molar-refractivity contribution in [3.05, 3.63) is 53.7 Å². The zero-order valence-corrected chi connectivity index (χ0v) is 10.9. The number of aromatic nitrogens is 1. The fourth-order valence-corrected chi connectivity index (χ4v) is 3.06. The van der Waals surface area contributed by atoms with E-state index in [0.29, 0.717) is 5.92 Å². The van der Waals surface area contributed by atoms with Gasteiger partial charge < -0.3 is 0 Å². The molecule has 1 nitrogen and oxygen atoms in total. The van der Waals surface area contributed by atoms with Crippen LogP contribution in [0, 0.1) is 0 Å². The fraction of sp³-hybridized carbons (Fsp3) is 0.353. The Morgan fingerprint density at radius 3 is 2.67 bits per heavy atom. The molecule has 0 aliphatic heterocycles. The van der Waals surface area contributed by atoms with Gasteiger partial charge in [-0.3, -0.25) is 4.98 Å². The molecule has 3 rings (SSSR count). The second-order valence-corrected chi connectivity index (χ2v) is 5.14. The molecule has 1 saturated carbocycles. The van der Waals surface area contributed by atoms with Crippen LogP contribution in [0.3, 0.4) is 0 Å². The van der Waals surface area contributed by atoms with Gasteiger partial charge in [0.05, 0.1) is 5.52 Å². The van der Waals surface area contributed by atoms with Crippen molar-refractivity contribution in [1.29, 1.82) is 0 Å². The first-order valence-corrected chi connectivity index (χ1v) is 6.86. The van der Waals surface area contributed by atoms with E-state index < -0.39 is 0 Å². The number of nitrogens with zero attached hydrogens (tertiary/aromatic N) is 1. The number of fused-ring (bicyclic) bond motifs is 1. The van der Waals surface area contributed by atoms with Gasteiger partial charge in [0.2, 0.25) is 0 Å². The molecule has 0 saturated heterocycles. The monoisotopic (exact) mass is 237 g/mol. The van der Waals surface area contributed by atoms with Gasteiger partial charge in [0.1, 0.15) is 0 Å². The molecule has 0 unspecified atom stereocenters. The maximum atomic E-state index is 4.46. The van der Waals surface area contributed by atoms with Crippen LogP contribution in [0.25, 0.3) is 10.9 Å². The SMILES string of the molecule is CC=C1CCC(c2ccnc3ccccc23)CC1. The number of allylic oxidation sites excluding steroid dienone is 2. The first-order valence-electron chi connectivity index (χ1n) is 6.86. The van der Waals surface area contributed by atoms with E-state index in [1.54, 1.807) is 5.57 Å². The summed E-state index contributed by atoms with van der Waals surface area (Å²) in [4.78, 5) is 4.46. The van der Waals surface area contributed by atoms with Gasteiger partial charge in [-0.25, -0.2) is 0 Å². The summed E-state index contributed by atoms with van der Waals surface area (Å²) in [6.45, 7) is 2.16. The summed E-state index contributed by atoms with van der Waals surface area (Å²) in [5.74, 6) is 0.710. The van der Waals surface area contributed by atoms with Gasteiger partial charge in [0, 0.05) is 11.6 Å². The van der Waals surface area contributed by atoms with Crippen molar-refractivity contribution in [2.75, 3.05) is 0 Å². The smallest absolute Gasteiger partial charge is 0.0704 e. The maximum Gasteiger partial charge on any atom is 0.0704 e. The van der Waals surface area contributed by atoms with Gasteiger partial charge in [0.25, 0.3) is 0 Å². The average Bonchev–Trinajstić information content (AvgIpc) is 2.47. The molecule has 1 heterocycles. The highest BCUT2D eigenvalue weighted by atomic mass is 14.6. The number of rotatable bonds is 1. The van der Waals surface area contributed by atoms with Gasteiger partial charge in [-0.2, -0.15) is 0 Å². The predicted molar refractivity (Wildman–Crippen MR) is 76.7 cm³/mol. The van der Waals surface area contributed by atoms with Gasteiger partial charge in [0.15, 0.2) is 0 Å². The van der Waals surface area contributed by atoms with Gasteiger partial charge >= 0.3 is 0 Å². The highest BCUT2D eigenvalue weighted by Crippen LogP contribution is 2.37. The molecule has 0 radical (unpaired) electrons. The van der Waals surface area contributed by atoms with Crippen LogP contribution in [0.2, 0.25) is 0 Å². The van der Waals surface area contributed by atoms with Crippen LogP contribution in [-0.2, 0) is 0 Å². The number of hydrogen-bond donors (Lipinski definition) is 0. The van der Waals surface area contributed by atoms with E-state index in [2.05, 4.69) is 48.3 Å². The van der Waals surface area contributed by atoms with E-state index in [4.69, 9.17) is 0 Å². The van der Waals surface area contributed by atoms with Crippen LogP contribution in [0.5, 0.6) is 0 Å². The molecule has 18 heavy (non-hydrogen) atoms. The molecular weight excluding hydrogens is 218 g/mol. The van der Waals surface area contributed by atoms with Crippen LogP contribution in [-0.4, -0.2) is 4.98 Å². The molecule has 1 aliphatic rings. The van der Waals surface area contributed by atoms with Crippen molar-refractivity contribution in [2.24, 2.45) is 0 Å². The van der Waals surface area contributed by atoms with Crippen molar-refractivity contribution in [3.63, 3.8) is 0 Å². The minimum atomic E-state index is 0.710. The highest BCUT2D eigenvalue weighted by Gasteiger charge is 2.19. The summed E-state index contributed by atoms with van der Waals surface area (Å²) in [5.41, 5.74) is 4.26. The largest absolute Gasteiger partial charge is 0.256 e. The van der Waals surface area contributed by atoms with E-state index in [1.165, 1.54) is 36.6 Å². The van der Waals surface area contributed by atoms with Gasteiger partial charge in [-0.1, -0.05) is 29.8 Å². The van der Waals surface area contributed by atoms with Crippen LogP contribution >= 0.6 is 0 Å². The van der Waals surface area contributed by atoms with Crippen molar-refractivity contribution < 1.29 is 0 Å². The van der Waals surface area contributed by atoms with Gasteiger partial charge in [-0.15, -0.1) is 0 Å². The van der Waals surface area contributed by atoms with Crippen LogP contribution in [0.1, 0.15) is 44.1 Å². The van der Waals surface area contributed by atoms with Crippen LogP contribution in [0.4, 0.5) is 0 Å². The normalized spacial score (nSPS) is 20.1. The number of hydrogen-bond acceptors (Lipinski definition) is 1. The molecule has 1 aliphatic carbocycles. The molecule has 92 valence electrons. The zero-order valence-electron chi connectivity index (χ0n) is 10.9. The van der Waals surface area contributed by atoms with Crippen molar-refractivity contribution >= 4 is 10.9 Å². The van der Waals surface area contributed by atoms with Crippen molar-refractivity contribution in [2.45, 2.75) is 38.5 Å². The molecule has 1 aromatic carbocycles. The molecule has 2 aromatic rings. The Bertz CT molecular complexity index is 568. The lowest BCUT2D eigenvalue weighted by Gasteiger charge is -2.25. The molecule has 0 bridgehead atoms. The summed E-state index contributed by atoms with van der Waals surface area (Å²) in [6.07, 6.45) is 9.35. The Balaban J connectivity index is 1.95. The second-order valence-electron chi connectivity index (χ2n) is 5.14. The number of pyridine rings is 1. The van der Waals surface area contributed by atoms with Gasteiger partial charge in [-0.05, 0) is 56.2 Å². The van der Waals surface area contributed by atoms with Crippen LogP contribution < -0.4 is 0 Å².